The largest absolute Gasteiger partial charge is 0.393 e. The lowest BCUT2D eigenvalue weighted by Crippen LogP contribution is -2.57. The SMILES string of the molecule is C[C@@H]1C[C@H](O)[C@@H]2C[C@H]1C2(C)C. The fourth-order valence-corrected chi connectivity index (χ4v) is 3.32. The summed E-state index contributed by atoms with van der Waals surface area (Å²) < 4.78 is 0. The summed E-state index contributed by atoms with van der Waals surface area (Å²) >= 11 is 0. The molecule has 4 atom stereocenters. The van der Waals surface area contributed by atoms with Crippen LogP contribution < -0.4 is 0 Å². The van der Waals surface area contributed by atoms with E-state index >= 15 is 0 Å². The first kappa shape index (κ1) is 7.60. The second-order valence-electron chi connectivity index (χ2n) is 5.05. The van der Waals surface area contributed by atoms with Gasteiger partial charge in [0.15, 0.2) is 0 Å². The average Bonchev–Trinajstić information content (AvgIpc) is 1.84. The molecule has 0 aromatic rings. The van der Waals surface area contributed by atoms with Crippen LogP contribution in [0, 0.1) is 23.2 Å². The number of aliphatic hydroxyl groups excluding tert-OH is 1. The van der Waals surface area contributed by atoms with Gasteiger partial charge in [-0.05, 0) is 36.0 Å². The topological polar surface area (TPSA) is 20.2 Å². The molecule has 0 aliphatic heterocycles. The van der Waals surface area contributed by atoms with Crippen molar-refractivity contribution in [3.8, 4) is 0 Å². The maximum absolute atomic E-state index is 9.72. The molecule has 1 heteroatoms. The summed E-state index contributed by atoms with van der Waals surface area (Å²) in [4.78, 5) is 0. The zero-order valence-corrected chi connectivity index (χ0v) is 7.67. The third-order valence-electron chi connectivity index (χ3n) is 4.18. The van der Waals surface area contributed by atoms with Crippen LogP contribution in [-0.4, -0.2) is 11.2 Å². The van der Waals surface area contributed by atoms with Crippen LogP contribution in [0.3, 0.4) is 0 Å². The van der Waals surface area contributed by atoms with E-state index in [4.69, 9.17) is 0 Å². The number of hydrogen-bond donors (Lipinski definition) is 1. The summed E-state index contributed by atoms with van der Waals surface area (Å²) in [6, 6.07) is 0. The molecule has 3 fully saturated rings. The number of hydrogen-bond acceptors (Lipinski definition) is 1. The van der Waals surface area contributed by atoms with Gasteiger partial charge in [-0.15, -0.1) is 0 Å². The number of fused-ring (bicyclic) bond motifs is 2. The van der Waals surface area contributed by atoms with Crippen LogP contribution >= 0.6 is 0 Å². The molecule has 0 amide bonds. The summed E-state index contributed by atoms with van der Waals surface area (Å²) in [5.41, 5.74) is 0.428. The molecule has 0 saturated heterocycles. The molecule has 0 radical (unpaired) electrons. The Balaban J connectivity index is 2.20. The van der Waals surface area contributed by atoms with Crippen molar-refractivity contribution in [3.63, 3.8) is 0 Å². The molecular weight excluding hydrogens is 136 g/mol. The summed E-state index contributed by atoms with van der Waals surface area (Å²) in [5.74, 6) is 2.23. The Morgan fingerprint density at radius 3 is 2.18 bits per heavy atom. The predicted octanol–water partition coefficient (Wildman–Crippen LogP) is 2.05. The molecule has 0 spiro atoms. The second-order valence-corrected chi connectivity index (χ2v) is 5.05. The number of aliphatic hydroxyl groups is 1. The van der Waals surface area contributed by atoms with Gasteiger partial charge >= 0.3 is 0 Å². The van der Waals surface area contributed by atoms with Crippen LogP contribution in [0.4, 0.5) is 0 Å². The summed E-state index contributed by atoms with van der Waals surface area (Å²) in [6.45, 7) is 6.90. The van der Waals surface area contributed by atoms with Gasteiger partial charge in [-0.25, -0.2) is 0 Å². The molecule has 11 heavy (non-hydrogen) atoms. The molecule has 2 bridgehead atoms. The molecule has 3 rings (SSSR count). The molecule has 3 aliphatic carbocycles. The zero-order valence-electron chi connectivity index (χ0n) is 7.67. The highest BCUT2D eigenvalue weighted by atomic mass is 16.3. The Kier molecular flexibility index (Phi) is 1.39. The van der Waals surface area contributed by atoms with Crippen molar-refractivity contribution in [1.29, 1.82) is 0 Å². The third kappa shape index (κ3) is 0.807. The van der Waals surface area contributed by atoms with Crippen molar-refractivity contribution >= 4 is 0 Å². The van der Waals surface area contributed by atoms with Crippen molar-refractivity contribution in [2.45, 2.75) is 39.7 Å². The van der Waals surface area contributed by atoms with E-state index < -0.39 is 0 Å². The van der Waals surface area contributed by atoms with E-state index in [0.717, 1.165) is 18.3 Å². The second kappa shape index (κ2) is 2.01. The van der Waals surface area contributed by atoms with Crippen molar-refractivity contribution in [2.24, 2.45) is 23.2 Å². The van der Waals surface area contributed by atoms with E-state index in [0.29, 0.717) is 11.3 Å². The highest BCUT2D eigenvalue weighted by Gasteiger charge is 2.56. The Hall–Kier alpha value is -0.0400. The fourth-order valence-electron chi connectivity index (χ4n) is 3.32. The summed E-state index contributed by atoms with van der Waals surface area (Å²) in [5, 5.41) is 9.72. The van der Waals surface area contributed by atoms with E-state index in [1.807, 2.05) is 0 Å². The van der Waals surface area contributed by atoms with Gasteiger partial charge in [-0.1, -0.05) is 20.8 Å². The monoisotopic (exact) mass is 154 g/mol. The van der Waals surface area contributed by atoms with Gasteiger partial charge in [-0.3, -0.25) is 0 Å². The molecule has 0 heterocycles. The minimum Gasteiger partial charge on any atom is -0.393 e. The van der Waals surface area contributed by atoms with Gasteiger partial charge in [0.05, 0.1) is 6.10 Å². The van der Waals surface area contributed by atoms with Gasteiger partial charge < -0.3 is 5.11 Å². The molecule has 0 aromatic heterocycles. The van der Waals surface area contributed by atoms with Gasteiger partial charge in [0.1, 0.15) is 0 Å². The van der Waals surface area contributed by atoms with Gasteiger partial charge in [0.2, 0.25) is 0 Å². The molecule has 0 unspecified atom stereocenters. The normalized spacial score (nSPS) is 53.5. The third-order valence-corrected chi connectivity index (χ3v) is 4.18. The van der Waals surface area contributed by atoms with Crippen LogP contribution in [0.15, 0.2) is 0 Å². The van der Waals surface area contributed by atoms with Crippen molar-refractivity contribution < 1.29 is 5.11 Å². The van der Waals surface area contributed by atoms with Gasteiger partial charge in [-0.2, -0.15) is 0 Å². The molecule has 0 aromatic carbocycles. The lowest BCUT2D eigenvalue weighted by Gasteiger charge is -2.61. The Labute approximate surface area is 68.8 Å². The molecule has 3 aliphatic rings. The van der Waals surface area contributed by atoms with Crippen LogP contribution in [-0.2, 0) is 0 Å². The summed E-state index contributed by atoms with van der Waals surface area (Å²) in [6.07, 6.45) is 2.30. The minimum atomic E-state index is -0.00926. The van der Waals surface area contributed by atoms with Crippen molar-refractivity contribution in [1.82, 2.24) is 0 Å². The fraction of sp³-hybridized carbons (Fsp3) is 1.00. The van der Waals surface area contributed by atoms with E-state index in [9.17, 15) is 5.11 Å². The van der Waals surface area contributed by atoms with E-state index in [-0.39, 0.29) is 6.10 Å². The molecule has 64 valence electrons. The molecule has 1 nitrogen and oxygen atoms in total. The Morgan fingerprint density at radius 2 is 1.82 bits per heavy atom. The summed E-state index contributed by atoms with van der Waals surface area (Å²) in [7, 11) is 0. The Morgan fingerprint density at radius 1 is 1.18 bits per heavy atom. The van der Waals surface area contributed by atoms with E-state index in [2.05, 4.69) is 20.8 Å². The minimum absolute atomic E-state index is 0.00926. The average molecular weight is 154 g/mol. The zero-order chi connectivity index (χ0) is 8.22. The van der Waals surface area contributed by atoms with Crippen molar-refractivity contribution in [2.75, 3.05) is 0 Å². The molecule has 1 N–H and O–H groups in total. The molecular formula is C10H18O. The predicted molar refractivity (Wildman–Crippen MR) is 45.2 cm³/mol. The van der Waals surface area contributed by atoms with Gasteiger partial charge in [0, 0.05) is 0 Å². The van der Waals surface area contributed by atoms with Crippen LogP contribution in [0.1, 0.15) is 33.6 Å². The van der Waals surface area contributed by atoms with Crippen LogP contribution in [0.2, 0.25) is 0 Å². The van der Waals surface area contributed by atoms with Gasteiger partial charge in [0.25, 0.3) is 0 Å². The smallest absolute Gasteiger partial charge is 0.0576 e. The quantitative estimate of drug-likeness (QED) is 0.566. The van der Waals surface area contributed by atoms with Crippen molar-refractivity contribution in [3.05, 3.63) is 0 Å². The first-order valence-electron chi connectivity index (χ1n) is 4.71. The van der Waals surface area contributed by atoms with Crippen LogP contribution in [0.5, 0.6) is 0 Å². The molecule has 3 saturated carbocycles. The van der Waals surface area contributed by atoms with Crippen LogP contribution in [0.25, 0.3) is 0 Å². The lowest BCUT2D eigenvalue weighted by molar-refractivity contribution is -0.167. The first-order valence-corrected chi connectivity index (χ1v) is 4.71. The number of rotatable bonds is 0. The maximum atomic E-state index is 9.72. The lowest BCUT2D eigenvalue weighted by atomic mass is 9.45. The highest BCUT2D eigenvalue weighted by molar-refractivity contribution is 5.05. The standard InChI is InChI=1S/C10H18O/c1-6-4-9(11)8-5-7(6)10(8,2)3/h6-9,11H,4-5H2,1-3H3/t6-,7-,8+,9+/m1/s1. The van der Waals surface area contributed by atoms with E-state index in [1.54, 1.807) is 0 Å². The first-order chi connectivity index (χ1) is 5.03. The Bertz CT molecular complexity index is 158. The maximum Gasteiger partial charge on any atom is 0.0576 e. The van der Waals surface area contributed by atoms with E-state index in [1.165, 1.54) is 6.42 Å². The highest BCUT2D eigenvalue weighted by Crippen LogP contribution is 2.61.